The summed E-state index contributed by atoms with van der Waals surface area (Å²) >= 11 is 0. The lowest BCUT2D eigenvalue weighted by molar-refractivity contribution is -0.121. The van der Waals surface area contributed by atoms with Crippen molar-refractivity contribution >= 4 is 17.7 Å². The van der Waals surface area contributed by atoms with Gasteiger partial charge in [0.05, 0.1) is 11.1 Å². The van der Waals surface area contributed by atoms with Crippen LogP contribution in [0.2, 0.25) is 0 Å². The van der Waals surface area contributed by atoms with E-state index in [1.54, 1.807) is 12.1 Å². The molecule has 1 aromatic rings. The fourth-order valence-corrected chi connectivity index (χ4v) is 2.36. The third-order valence-electron chi connectivity index (χ3n) is 3.48. The predicted octanol–water partition coefficient (Wildman–Crippen LogP) is 1.90. The molecule has 1 heterocycles. The topological polar surface area (TPSA) is 66.5 Å². The number of imide groups is 1. The number of carbonyl (C=O) groups excluding carboxylic acids is 3. The van der Waals surface area contributed by atoms with Gasteiger partial charge in [0, 0.05) is 19.5 Å². The van der Waals surface area contributed by atoms with Gasteiger partial charge >= 0.3 is 0 Å². The van der Waals surface area contributed by atoms with Gasteiger partial charge in [0.1, 0.15) is 0 Å². The summed E-state index contributed by atoms with van der Waals surface area (Å²) in [6, 6.07) is 5.26. The predicted molar refractivity (Wildman–Crippen MR) is 79.1 cm³/mol. The second-order valence-corrected chi connectivity index (χ2v) is 5.26. The van der Waals surface area contributed by atoms with Crippen molar-refractivity contribution in [2.45, 2.75) is 33.1 Å². The van der Waals surface area contributed by atoms with Crippen LogP contribution in [0.1, 0.15) is 52.5 Å². The Hall–Kier alpha value is -2.17. The molecule has 0 atom stereocenters. The summed E-state index contributed by atoms with van der Waals surface area (Å²) in [5.74, 6) is -0.555. The maximum absolute atomic E-state index is 12.2. The molecule has 0 unspecified atom stereocenters. The molecule has 1 aliphatic rings. The summed E-state index contributed by atoms with van der Waals surface area (Å²) in [5, 5.41) is 2.78. The van der Waals surface area contributed by atoms with Crippen molar-refractivity contribution in [3.8, 4) is 0 Å². The minimum absolute atomic E-state index is 0.0377. The largest absolute Gasteiger partial charge is 0.356 e. The van der Waals surface area contributed by atoms with E-state index in [1.807, 2.05) is 19.9 Å². The molecule has 21 heavy (non-hydrogen) atoms. The molecular formula is C16H20N2O3. The standard InChI is InChI=1S/C16H20N2O3/c1-3-8-17-14(19)5-4-9-18-15(20)12-7-6-11(2)10-13(12)16(18)21/h6-7,10H,3-5,8-9H2,1-2H3,(H,17,19). The molecule has 112 valence electrons. The quantitative estimate of drug-likeness (QED) is 0.813. The fourth-order valence-electron chi connectivity index (χ4n) is 2.36. The first-order chi connectivity index (χ1) is 10.0. The van der Waals surface area contributed by atoms with Crippen molar-refractivity contribution in [3.63, 3.8) is 0 Å². The van der Waals surface area contributed by atoms with Gasteiger partial charge in [-0.25, -0.2) is 0 Å². The third-order valence-corrected chi connectivity index (χ3v) is 3.48. The van der Waals surface area contributed by atoms with Crippen LogP contribution >= 0.6 is 0 Å². The van der Waals surface area contributed by atoms with Crippen molar-refractivity contribution < 1.29 is 14.4 Å². The van der Waals surface area contributed by atoms with Gasteiger partial charge in [-0.1, -0.05) is 18.6 Å². The summed E-state index contributed by atoms with van der Waals surface area (Å²) in [4.78, 5) is 37.1. The molecule has 0 radical (unpaired) electrons. The molecule has 0 spiro atoms. The van der Waals surface area contributed by atoms with E-state index in [0.29, 0.717) is 30.5 Å². The molecule has 5 heteroatoms. The van der Waals surface area contributed by atoms with Gasteiger partial charge in [-0.3, -0.25) is 19.3 Å². The molecule has 5 nitrogen and oxygen atoms in total. The Balaban J connectivity index is 1.93. The first-order valence-electron chi connectivity index (χ1n) is 7.28. The zero-order valence-corrected chi connectivity index (χ0v) is 12.4. The van der Waals surface area contributed by atoms with Gasteiger partial charge in [0.15, 0.2) is 0 Å². The van der Waals surface area contributed by atoms with Crippen LogP contribution in [0.4, 0.5) is 0 Å². The SMILES string of the molecule is CCCNC(=O)CCCN1C(=O)c2ccc(C)cc2C1=O. The van der Waals surface area contributed by atoms with E-state index >= 15 is 0 Å². The lowest BCUT2D eigenvalue weighted by atomic mass is 10.1. The molecule has 0 saturated carbocycles. The number of fused-ring (bicyclic) bond motifs is 1. The Bertz CT molecular complexity index is 581. The van der Waals surface area contributed by atoms with Crippen LogP contribution in [-0.4, -0.2) is 35.7 Å². The first-order valence-corrected chi connectivity index (χ1v) is 7.28. The summed E-state index contributed by atoms with van der Waals surface area (Å²) in [7, 11) is 0. The van der Waals surface area contributed by atoms with Crippen molar-refractivity contribution in [1.29, 1.82) is 0 Å². The minimum Gasteiger partial charge on any atom is -0.356 e. The average molecular weight is 288 g/mol. The van der Waals surface area contributed by atoms with Crippen molar-refractivity contribution in [3.05, 3.63) is 34.9 Å². The number of nitrogens with zero attached hydrogens (tertiary/aromatic N) is 1. The number of hydrogen-bond donors (Lipinski definition) is 1. The summed E-state index contributed by atoms with van der Waals surface area (Å²) < 4.78 is 0. The average Bonchev–Trinajstić information content (AvgIpc) is 2.69. The molecule has 0 fully saturated rings. The molecule has 0 aromatic heterocycles. The van der Waals surface area contributed by atoms with E-state index in [-0.39, 0.29) is 24.3 Å². The van der Waals surface area contributed by atoms with E-state index < -0.39 is 0 Å². The molecular weight excluding hydrogens is 268 g/mol. The highest BCUT2D eigenvalue weighted by Gasteiger charge is 2.34. The number of carbonyl (C=O) groups is 3. The van der Waals surface area contributed by atoms with E-state index in [2.05, 4.69) is 5.32 Å². The van der Waals surface area contributed by atoms with Gasteiger partial charge in [0.25, 0.3) is 11.8 Å². The van der Waals surface area contributed by atoms with Crippen molar-refractivity contribution in [1.82, 2.24) is 10.2 Å². The van der Waals surface area contributed by atoms with E-state index in [9.17, 15) is 14.4 Å². The molecule has 2 rings (SSSR count). The van der Waals surface area contributed by atoms with Crippen LogP contribution in [0.5, 0.6) is 0 Å². The third kappa shape index (κ3) is 3.29. The van der Waals surface area contributed by atoms with Crippen LogP contribution in [-0.2, 0) is 4.79 Å². The van der Waals surface area contributed by atoms with Crippen LogP contribution in [0, 0.1) is 6.92 Å². The molecule has 3 amide bonds. The first kappa shape index (κ1) is 15.2. The zero-order chi connectivity index (χ0) is 15.4. The highest BCUT2D eigenvalue weighted by atomic mass is 16.2. The van der Waals surface area contributed by atoms with E-state index in [1.165, 1.54) is 4.90 Å². The second-order valence-electron chi connectivity index (χ2n) is 5.26. The molecule has 1 N–H and O–H groups in total. The number of benzene rings is 1. The number of aryl methyl sites for hydroxylation is 1. The summed E-state index contributed by atoms with van der Waals surface area (Å²) in [5.41, 5.74) is 1.88. The highest BCUT2D eigenvalue weighted by Crippen LogP contribution is 2.24. The van der Waals surface area contributed by atoms with Gasteiger partial charge in [0.2, 0.25) is 5.91 Å². The lowest BCUT2D eigenvalue weighted by Crippen LogP contribution is -2.32. The normalized spacial score (nSPS) is 13.5. The van der Waals surface area contributed by atoms with Crippen LogP contribution in [0.15, 0.2) is 18.2 Å². The smallest absolute Gasteiger partial charge is 0.261 e. The molecule has 1 aliphatic heterocycles. The Morgan fingerprint density at radius 2 is 1.90 bits per heavy atom. The number of nitrogens with one attached hydrogen (secondary N) is 1. The zero-order valence-electron chi connectivity index (χ0n) is 12.4. The molecule has 0 aliphatic carbocycles. The van der Waals surface area contributed by atoms with Crippen LogP contribution in [0.25, 0.3) is 0 Å². The molecule has 1 aromatic carbocycles. The lowest BCUT2D eigenvalue weighted by Gasteiger charge is -2.13. The highest BCUT2D eigenvalue weighted by molar-refractivity contribution is 6.21. The molecule has 0 bridgehead atoms. The number of rotatable bonds is 6. The Morgan fingerprint density at radius 1 is 1.19 bits per heavy atom. The maximum atomic E-state index is 12.2. The monoisotopic (exact) mass is 288 g/mol. The fraction of sp³-hybridized carbons (Fsp3) is 0.438. The summed E-state index contributed by atoms with van der Waals surface area (Å²) in [6.45, 7) is 4.82. The van der Waals surface area contributed by atoms with Crippen molar-refractivity contribution in [2.75, 3.05) is 13.1 Å². The van der Waals surface area contributed by atoms with Gasteiger partial charge in [-0.15, -0.1) is 0 Å². The van der Waals surface area contributed by atoms with E-state index in [4.69, 9.17) is 0 Å². The maximum Gasteiger partial charge on any atom is 0.261 e. The summed E-state index contributed by atoms with van der Waals surface area (Å²) in [6.07, 6.45) is 1.70. The van der Waals surface area contributed by atoms with Gasteiger partial charge in [-0.05, 0) is 31.9 Å². The van der Waals surface area contributed by atoms with Gasteiger partial charge in [-0.2, -0.15) is 0 Å². The van der Waals surface area contributed by atoms with Crippen LogP contribution in [0.3, 0.4) is 0 Å². The van der Waals surface area contributed by atoms with Gasteiger partial charge < -0.3 is 5.32 Å². The Morgan fingerprint density at radius 3 is 2.62 bits per heavy atom. The minimum atomic E-state index is -0.260. The number of hydrogen-bond acceptors (Lipinski definition) is 3. The number of amides is 3. The van der Waals surface area contributed by atoms with Crippen LogP contribution < -0.4 is 5.32 Å². The van der Waals surface area contributed by atoms with Crippen molar-refractivity contribution in [2.24, 2.45) is 0 Å². The molecule has 0 saturated heterocycles. The Kier molecular flexibility index (Phi) is 4.73. The van der Waals surface area contributed by atoms with E-state index in [0.717, 1.165) is 12.0 Å². The second kappa shape index (κ2) is 6.52. The Labute approximate surface area is 124 Å².